The van der Waals surface area contributed by atoms with Crippen LogP contribution in [0.5, 0.6) is 0 Å². The van der Waals surface area contributed by atoms with Gasteiger partial charge in [-0.3, -0.25) is 0 Å². The van der Waals surface area contributed by atoms with Gasteiger partial charge in [0.1, 0.15) is 0 Å². The minimum atomic E-state index is 1.03. The molecule has 0 saturated carbocycles. The van der Waals surface area contributed by atoms with Crippen LogP contribution in [0.25, 0.3) is 66.2 Å². The first-order valence-electron chi connectivity index (χ1n) is 12.5. The van der Waals surface area contributed by atoms with Gasteiger partial charge in [0, 0.05) is 0 Å². The molecule has 0 aliphatic carbocycles. The lowest BCUT2D eigenvalue weighted by molar-refractivity contribution is 1.29. The largest absolute Gasteiger partial charge is 0.350 e. The molecule has 0 radical (unpaired) electrons. The number of fused-ring (bicyclic) bond motifs is 9. The molecule has 3 heterocycles. The van der Waals surface area contributed by atoms with Gasteiger partial charge in [-0.2, -0.15) is 0 Å². The summed E-state index contributed by atoms with van der Waals surface area (Å²) in [6.45, 7) is 12.9. The lowest BCUT2D eigenvalue weighted by Crippen LogP contribution is -2.00. The van der Waals surface area contributed by atoms with Crippen molar-refractivity contribution in [2.75, 3.05) is 0 Å². The van der Waals surface area contributed by atoms with E-state index < -0.39 is 0 Å². The van der Waals surface area contributed by atoms with Gasteiger partial charge in [0.15, 0.2) is 0 Å². The molecule has 0 saturated heterocycles. The number of hydrogen-bond donors (Lipinski definition) is 6. The van der Waals surface area contributed by atoms with Crippen LogP contribution >= 0.6 is 0 Å². The number of aromatic nitrogens is 6. The zero-order valence-electron chi connectivity index (χ0n) is 21.5. The van der Waals surface area contributed by atoms with Gasteiger partial charge in [0.25, 0.3) is 0 Å². The van der Waals surface area contributed by atoms with Crippen molar-refractivity contribution in [3.05, 3.63) is 69.8 Å². The number of benzene rings is 4. The minimum absolute atomic E-state index is 1.03. The van der Waals surface area contributed by atoms with Crippen molar-refractivity contribution >= 4 is 66.2 Å². The normalized spacial score (nSPS) is 12.2. The molecule has 6 nitrogen and oxygen atoms in total. The Labute approximate surface area is 207 Å². The average molecular weight is 475 g/mol. The summed E-state index contributed by atoms with van der Waals surface area (Å²) in [7, 11) is 0. The molecule has 0 aliphatic heterocycles. The van der Waals surface area contributed by atoms with Gasteiger partial charge in [-0.05, 0) is 111 Å². The van der Waals surface area contributed by atoms with E-state index in [2.05, 4.69) is 108 Å². The third kappa shape index (κ3) is 2.90. The van der Waals surface area contributed by atoms with Crippen LogP contribution in [-0.2, 0) is 0 Å². The molecular formula is C30H30N6. The molecule has 0 bridgehead atoms. The summed E-state index contributed by atoms with van der Waals surface area (Å²) < 4.78 is 0. The molecule has 7 rings (SSSR count). The molecule has 0 fully saturated rings. The van der Waals surface area contributed by atoms with E-state index in [-0.39, 0.29) is 0 Å². The van der Waals surface area contributed by atoms with Crippen molar-refractivity contribution < 1.29 is 0 Å². The van der Waals surface area contributed by atoms with Crippen LogP contribution in [-0.4, -0.2) is 29.9 Å². The van der Waals surface area contributed by atoms with E-state index in [0.717, 1.165) is 66.2 Å². The molecule has 4 aromatic carbocycles. The number of hydrogen-bond acceptors (Lipinski definition) is 0. The van der Waals surface area contributed by atoms with Gasteiger partial charge in [-0.25, -0.2) is 0 Å². The first-order chi connectivity index (χ1) is 17.3. The van der Waals surface area contributed by atoms with Crippen molar-refractivity contribution in [2.24, 2.45) is 0 Å². The molecule has 0 aliphatic rings. The second-order valence-electron chi connectivity index (χ2n) is 10.4. The van der Waals surface area contributed by atoms with Gasteiger partial charge < -0.3 is 29.9 Å². The van der Waals surface area contributed by atoms with Crippen LogP contribution in [0.2, 0.25) is 0 Å². The number of aryl methyl sites for hydroxylation is 6. The second-order valence-corrected chi connectivity index (χ2v) is 10.4. The highest BCUT2D eigenvalue weighted by Crippen LogP contribution is 2.34. The van der Waals surface area contributed by atoms with Crippen LogP contribution in [0, 0.1) is 41.5 Å². The second kappa shape index (κ2) is 7.10. The van der Waals surface area contributed by atoms with Gasteiger partial charge in [-0.1, -0.05) is 0 Å². The highest BCUT2D eigenvalue weighted by atomic mass is 14.9. The van der Waals surface area contributed by atoms with E-state index in [9.17, 15) is 0 Å². The van der Waals surface area contributed by atoms with Crippen molar-refractivity contribution in [3.8, 4) is 0 Å². The third-order valence-electron chi connectivity index (χ3n) is 7.96. The minimum Gasteiger partial charge on any atom is -0.350 e. The highest BCUT2D eigenvalue weighted by molar-refractivity contribution is 6.21. The molecule has 36 heavy (non-hydrogen) atoms. The molecule has 7 aromatic rings. The maximum absolute atomic E-state index is 3.76. The van der Waals surface area contributed by atoms with E-state index in [0.29, 0.717) is 0 Å². The lowest BCUT2D eigenvalue weighted by Gasteiger charge is -2.16. The topological polar surface area (TPSA) is 94.7 Å². The maximum Gasteiger partial charge on any atom is 0.0908 e. The predicted octanol–water partition coefficient (Wildman–Crippen LogP) is 8.11. The Morgan fingerprint density at radius 3 is 0.556 bits per heavy atom. The van der Waals surface area contributed by atoms with Crippen molar-refractivity contribution in [3.63, 3.8) is 0 Å². The van der Waals surface area contributed by atoms with E-state index in [1.165, 1.54) is 33.4 Å². The summed E-state index contributed by atoms with van der Waals surface area (Å²) in [5.74, 6) is 0. The van der Waals surface area contributed by atoms with Crippen molar-refractivity contribution in [1.29, 1.82) is 0 Å². The number of nitrogens with one attached hydrogen (secondary N) is 6. The Hall–Kier alpha value is -4.32. The smallest absolute Gasteiger partial charge is 0.0908 e. The molecule has 0 amide bonds. The third-order valence-corrected chi connectivity index (χ3v) is 7.96. The van der Waals surface area contributed by atoms with Crippen LogP contribution in [0.1, 0.15) is 33.4 Å². The molecular weight excluding hydrogens is 444 g/mol. The molecule has 6 N–H and O–H groups in total. The van der Waals surface area contributed by atoms with E-state index in [1.54, 1.807) is 0 Å². The fourth-order valence-corrected chi connectivity index (χ4v) is 5.38. The molecule has 6 heteroatoms. The molecule has 3 aromatic heterocycles. The Balaban J connectivity index is 1.76. The SMILES string of the molecule is Cc1cc2[nH]c3c4[nH]c5cc(C)c(C)cc5[nH]c4c4[nH]c5cc(C)c(C)cc5[nH]c4c3[nH]c2cc1C. The highest BCUT2D eigenvalue weighted by Gasteiger charge is 2.16. The standard InChI is InChI=1S/C30H30N6/c1-13-7-19-20(8-14(13)2)32-26-25(31-19)27-29(35-22-10-16(4)15(3)9-21(22)33-27)30-28(26)34-23-11-17(5)18(6)12-24(23)36-30/h7-12,31-36H,1-6H3. The summed E-state index contributed by atoms with van der Waals surface area (Å²) in [4.78, 5) is 22.5. The fourth-order valence-electron chi connectivity index (χ4n) is 5.38. The van der Waals surface area contributed by atoms with Gasteiger partial charge in [0.2, 0.25) is 0 Å². The maximum atomic E-state index is 3.76. The zero-order chi connectivity index (χ0) is 24.9. The van der Waals surface area contributed by atoms with E-state index >= 15 is 0 Å². The van der Waals surface area contributed by atoms with Gasteiger partial charge >= 0.3 is 0 Å². The summed E-state index contributed by atoms with van der Waals surface area (Å²) in [6, 6.07) is 13.3. The average Bonchev–Trinajstić information content (AvgIpc) is 2.84. The zero-order valence-corrected chi connectivity index (χ0v) is 21.5. The van der Waals surface area contributed by atoms with Gasteiger partial charge in [0.05, 0.1) is 66.2 Å². The monoisotopic (exact) mass is 474 g/mol. The van der Waals surface area contributed by atoms with Gasteiger partial charge in [-0.15, -0.1) is 0 Å². The number of rotatable bonds is 0. The summed E-state index contributed by atoms with van der Waals surface area (Å²) in [5.41, 5.74) is 20.2. The number of aromatic amines is 6. The Morgan fingerprint density at radius 1 is 0.278 bits per heavy atom. The summed E-state index contributed by atoms with van der Waals surface area (Å²) >= 11 is 0. The Kier molecular flexibility index (Phi) is 4.14. The Morgan fingerprint density at radius 2 is 0.417 bits per heavy atom. The molecule has 0 spiro atoms. The lowest BCUT2D eigenvalue weighted by atomic mass is 10.1. The fraction of sp³-hybridized carbons (Fsp3) is 0.200. The molecule has 0 atom stereocenters. The van der Waals surface area contributed by atoms with E-state index in [4.69, 9.17) is 0 Å². The van der Waals surface area contributed by atoms with E-state index in [1.807, 2.05) is 0 Å². The van der Waals surface area contributed by atoms with Crippen LogP contribution in [0.15, 0.2) is 36.4 Å². The summed E-state index contributed by atoms with van der Waals surface area (Å²) in [6.07, 6.45) is 0. The summed E-state index contributed by atoms with van der Waals surface area (Å²) in [5, 5.41) is 0. The number of H-pyrrole nitrogens is 6. The van der Waals surface area contributed by atoms with Crippen LogP contribution in [0.4, 0.5) is 0 Å². The van der Waals surface area contributed by atoms with Crippen LogP contribution in [0.3, 0.4) is 0 Å². The van der Waals surface area contributed by atoms with Crippen molar-refractivity contribution in [2.45, 2.75) is 41.5 Å². The first kappa shape index (κ1) is 21.0. The van der Waals surface area contributed by atoms with Crippen molar-refractivity contribution in [1.82, 2.24) is 29.9 Å². The quantitative estimate of drug-likeness (QED) is 0.0946. The van der Waals surface area contributed by atoms with Crippen LogP contribution < -0.4 is 0 Å². The molecule has 0 unspecified atom stereocenters. The first-order valence-corrected chi connectivity index (χ1v) is 12.5. The Bertz CT molecular complexity index is 1690. The molecule has 180 valence electrons. The predicted molar refractivity (Wildman–Crippen MR) is 152 cm³/mol.